The molecule has 0 radical (unpaired) electrons. The van der Waals surface area contributed by atoms with Crippen LogP contribution >= 0.6 is 34.9 Å². The third-order valence-electron chi connectivity index (χ3n) is 2.19. The molecule has 1 heterocycles. The molecule has 1 aromatic heterocycles. The van der Waals surface area contributed by atoms with Gasteiger partial charge in [-0.15, -0.1) is 23.1 Å². The molecule has 0 saturated heterocycles. The molecular weight excluding hydrogens is 280 g/mol. The van der Waals surface area contributed by atoms with E-state index < -0.39 is 0 Å². The Morgan fingerprint density at radius 3 is 2.78 bits per heavy atom. The fourth-order valence-electron chi connectivity index (χ4n) is 1.46. The number of hydrogen-bond acceptors (Lipinski definition) is 5. The molecule has 0 aliphatic rings. The van der Waals surface area contributed by atoms with Crippen molar-refractivity contribution in [2.45, 2.75) is 28.0 Å². The van der Waals surface area contributed by atoms with Crippen molar-refractivity contribution >= 4 is 34.9 Å². The monoisotopic (exact) mass is 292 g/mol. The first-order valence-corrected chi connectivity index (χ1v) is 8.18. The van der Waals surface area contributed by atoms with E-state index in [0.29, 0.717) is 0 Å². The number of aromatic nitrogens is 1. The number of nitrogens with zero attached hydrogens (tertiary/aromatic N) is 2. The van der Waals surface area contributed by atoms with E-state index in [1.54, 1.807) is 34.9 Å². The average molecular weight is 292 g/mol. The zero-order valence-electron chi connectivity index (χ0n) is 10.1. The Labute approximate surface area is 119 Å². The van der Waals surface area contributed by atoms with Crippen molar-refractivity contribution in [3.63, 3.8) is 0 Å². The Hall–Kier alpha value is -0.960. The molecule has 0 atom stereocenters. The van der Waals surface area contributed by atoms with Crippen LogP contribution in [0.5, 0.6) is 0 Å². The third-order valence-corrected chi connectivity index (χ3v) is 5.25. The number of aryl methyl sites for hydroxylation is 1. The molecule has 1 aromatic carbocycles. The highest BCUT2D eigenvalue weighted by molar-refractivity contribution is 8.01. The maximum atomic E-state index is 9.32. The second-order valence-corrected chi connectivity index (χ2v) is 6.98. The predicted octanol–water partition coefficient (Wildman–Crippen LogP) is 4.59. The molecule has 0 amide bonds. The molecule has 2 aromatic rings. The first kappa shape index (κ1) is 13.5. The van der Waals surface area contributed by atoms with Crippen LogP contribution in [0.25, 0.3) is 0 Å². The van der Waals surface area contributed by atoms with E-state index in [1.165, 1.54) is 0 Å². The molecule has 0 aliphatic heterocycles. The van der Waals surface area contributed by atoms with E-state index in [-0.39, 0.29) is 0 Å². The molecule has 0 N–H and O–H groups in total. The van der Waals surface area contributed by atoms with Crippen LogP contribution in [0.2, 0.25) is 0 Å². The van der Waals surface area contributed by atoms with Crippen molar-refractivity contribution in [1.29, 1.82) is 5.26 Å². The molecule has 0 unspecified atom stereocenters. The first-order chi connectivity index (χ1) is 8.74. The largest absolute Gasteiger partial charge is 0.235 e. The van der Waals surface area contributed by atoms with Gasteiger partial charge in [-0.2, -0.15) is 5.26 Å². The van der Waals surface area contributed by atoms with Crippen molar-refractivity contribution < 1.29 is 0 Å². The Morgan fingerprint density at radius 1 is 1.39 bits per heavy atom. The molecule has 2 nitrogen and oxygen atoms in total. The van der Waals surface area contributed by atoms with Gasteiger partial charge >= 0.3 is 0 Å². The van der Waals surface area contributed by atoms with Crippen molar-refractivity contribution in [3.8, 4) is 6.07 Å². The lowest BCUT2D eigenvalue weighted by molar-refractivity contribution is 1.15. The molecule has 92 valence electrons. The van der Waals surface area contributed by atoms with Crippen LogP contribution in [-0.2, 0) is 0 Å². The van der Waals surface area contributed by atoms with E-state index in [0.717, 1.165) is 31.1 Å². The maximum absolute atomic E-state index is 9.32. The Morgan fingerprint density at radius 2 is 2.17 bits per heavy atom. The summed E-state index contributed by atoms with van der Waals surface area (Å²) in [6.07, 6.45) is 0. The van der Waals surface area contributed by atoms with Crippen molar-refractivity contribution in [2.75, 3.05) is 5.75 Å². The fraction of sp³-hybridized carbons (Fsp3) is 0.231. The summed E-state index contributed by atoms with van der Waals surface area (Å²) in [5, 5.41) is 11.3. The summed E-state index contributed by atoms with van der Waals surface area (Å²) >= 11 is 4.89. The average Bonchev–Trinajstić information content (AvgIpc) is 2.76. The van der Waals surface area contributed by atoms with Crippen LogP contribution in [0.3, 0.4) is 0 Å². The summed E-state index contributed by atoms with van der Waals surface area (Å²) < 4.78 is 0.989. The zero-order chi connectivity index (χ0) is 13.0. The molecule has 0 spiro atoms. The van der Waals surface area contributed by atoms with Gasteiger partial charge in [-0.25, -0.2) is 4.98 Å². The van der Waals surface area contributed by atoms with E-state index in [2.05, 4.69) is 18.0 Å². The van der Waals surface area contributed by atoms with E-state index in [1.807, 2.05) is 30.5 Å². The summed E-state index contributed by atoms with van der Waals surface area (Å²) in [5.41, 5.74) is 1.79. The van der Waals surface area contributed by atoms with Crippen LogP contribution < -0.4 is 0 Å². The minimum atomic E-state index is 0.766. The quantitative estimate of drug-likeness (QED) is 0.772. The Balaban J connectivity index is 2.33. The zero-order valence-corrected chi connectivity index (χ0v) is 12.6. The highest BCUT2D eigenvalue weighted by Crippen LogP contribution is 2.36. The van der Waals surface area contributed by atoms with Crippen molar-refractivity contribution in [1.82, 2.24) is 4.98 Å². The van der Waals surface area contributed by atoms with Gasteiger partial charge in [0.2, 0.25) is 0 Å². The lowest BCUT2D eigenvalue weighted by Crippen LogP contribution is -1.86. The second kappa shape index (κ2) is 6.28. The van der Waals surface area contributed by atoms with Gasteiger partial charge in [-0.05, 0) is 24.8 Å². The Kier molecular flexibility index (Phi) is 4.70. The van der Waals surface area contributed by atoms with Crippen LogP contribution in [-0.4, -0.2) is 10.7 Å². The van der Waals surface area contributed by atoms with Crippen LogP contribution in [0.15, 0.2) is 37.7 Å². The van der Waals surface area contributed by atoms with E-state index in [9.17, 15) is 5.26 Å². The fourth-order valence-corrected chi connectivity index (χ4v) is 4.21. The smallest absolute Gasteiger partial charge is 0.154 e. The SMILES string of the molecule is CCSc1cccc(Sc2nc(C)cs2)c1C#N. The van der Waals surface area contributed by atoms with Gasteiger partial charge in [-0.1, -0.05) is 24.8 Å². The van der Waals surface area contributed by atoms with Gasteiger partial charge in [0, 0.05) is 20.9 Å². The van der Waals surface area contributed by atoms with Gasteiger partial charge in [-0.3, -0.25) is 0 Å². The van der Waals surface area contributed by atoms with Crippen molar-refractivity contribution in [3.05, 3.63) is 34.8 Å². The first-order valence-electron chi connectivity index (χ1n) is 5.50. The molecule has 0 aliphatic carbocycles. The summed E-state index contributed by atoms with van der Waals surface area (Å²) in [7, 11) is 0. The van der Waals surface area contributed by atoms with Gasteiger partial charge in [0.15, 0.2) is 4.34 Å². The lowest BCUT2D eigenvalue weighted by Gasteiger charge is -2.06. The molecule has 18 heavy (non-hydrogen) atoms. The number of thiazole rings is 1. The molecular formula is C13H12N2S3. The van der Waals surface area contributed by atoms with Gasteiger partial charge in [0.25, 0.3) is 0 Å². The lowest BCUT2D eigenvalue weighted by atomic mass is 10.2. The molecule has 5 heteroatoms. The third kappa shape index (κ3) is 3.08. The summed E-state index contributed by atoms with van der Waals surface area (Å²) in [6.45, 7) is 4.07. The van der Waals surface area contributed by atoms with Crippen LogP contribution in [0, 0.1) is 18.3 Å². The number of benzene rings is 1. The highest BCUT2D eigenvalue weighted by atomic mass is 32.2. The summed E-state index contributed by atoms with van der Waals surface area (Å²) in [6, 6.07) is 8.30. The van der Waals surface area contributed by atoms with Gasteiger partial charge in [0.1, 0.15) is 6.07 Å². The summed E-state index contributed by atoms with van der Waals surface area (Å²) in [4.78, 5) is 6.47. The van der Waals surface area contributed by atoms with Crippen LogP contribution in [0.1, 0.15) is 18.2 Å². The van der Waals surface area contributed by atoms with E-state index >= 15 is 0 Å². The number of thioether (sulfide) groups is 1. The van der Waals surface area contributed by atoms with Crippen LogP contribution in [0.4, 0.5) is 0 Å². The maximum Gasteiger partial charge on any atom is 0.154 e. The normalized spacial score (nSPS) is 10.3. The predicted molar refractivity (Wildman–Crippen MR) is 78.5 cm³/mol. The highest BCUT2D eigenvalue weighted by Gasteiger charge is 2.10. The molecule has 0 fully saturated rings. The Bertz CT molecular complexity index is 584. The minimum absolute atomic E-state index is 0.766. The van der Waals surface area contributed by atoms with Gasteiger partial charge in [0.05, 0.1) is 5.56 Å². The van der Waals surface area contributed by atoms with E-state index in [4.69, 9.17) is 0 Å². The van der Waals surface area contributed by atoms with Gasteiger partial charge < -0.3 is 0 Å². The second-order valence-electron chi connectivity index (χ2n) is 3.53. The standard InChI is InChI=1S/C13H12N2S3/c1-3-16-11-5-4-6-12(10(11)7-14)18-13-15-9(2)8-17-13/h4-6,8H,3H2,1-2H3. The number of nitriles is 1. The molecule has 2 rings (SSSR count). The molecule has 0 saturated carbocycles. The molecule has 0 bridgehead atoms. The topological polar surface area (TPSA) is 36.7 Å². The van der Waals surface area contributed by atoms with Crippen molar-refractivity contribution in [2.24, 2.45) is 0 Å². The number of hydrogen-bond donors (Lipinski definition) is 0. The minimum Gasteiger partial charge on any atom is -0.235 e. The number of rotatable bonds is 4. The summed E-state index contributed by atoms with van der Waals surface area (Å²) in [5.74, 6) is 0.971.